The van der Waals surface area contributed by atoms with E-state index in [0.717, 1.165) is 55.4 Å². The molecule has 0 fully saturated rings. The fourth-order valence-electron chi connectivity index (χ4n) is 5.73. The first kappa shape index (κ1) is 19.6. The zero-order valence-corrected chi connectivity index (χ0v) is 20.0. The highest BCUT2D eigenvalue weighted by atomic mass is 16.3. The summed E-state index contributed by atoms with van der Waals surface area (Å²) in [6.45, 7) is 2.09. The maximum Gasteiger partial charge on any atom is 0.216 e. The Bertz CT molecular complexity index is 1900. The number of aryl methyl sites for hydroxylation is 2. The molecule has 0 unspecified atom stereocenters. The third kappa shape index (κ3) is 2.76. The number of pyridine rings is 1. The summed E-state index contributed by atoms with van der Waals surface area (Å²) in [4.78, 5) is 0. The number of aromatic nitrogens is 1. The summed E-state index contributed by atoms with van der Waals surface area (Å²) in [5, 5.41) is 12.2. The van der Waals surface area contributed by atoms with Crippen molar-refractivity contribution in [2.45, 2.75) is 12.8 Å². The summed E-state index contributed by atoms with van der Waals surface area (Å²) in [6.07, 6.45) is 2.03. The molecule has 170 valence electrons. The molecule has 4 aromatic carbocycles. The average Bonchev–Trinajstić information content (AvgIpc) is 3.42. The first-order valence-electron chi connectivity index (χ1n) is 12.6. The summed E-state index contributed by atoms with van der Waals surface area (Å²) in [5.41, 5.74) is 9.38. The van der Waals surface area contributed by atoms with Gasteiger partial charge in [-0.05, 0) is 52.9 Å². The van der Waals surface area contributed by atoms with Crippen LogP contribution in [0.4, 0.5) is 0 Å². The van der Waals surface area contributed by atoms with E-state index in [1.54, 1.807) is 0 Å². The number of furan rings is 1. The molecule has 0 aliphatic heterocycles. The minimum absolute atomic E-state index is 0.455. The minimum Gasteiger partial charge on any atom is -0.455 e. The van der Waals surface area contributed by atoms with Crippen molar-refractivity contribution >= 4 is 21.9 Å². The molecule has 0 bridgehead atoms. The molecule has 3 nitrogen and oxygen atoms in total. The fraction of sp³-hybridized carbons (Fsp3) is 0.0909. The Labute approximate surface area is 210 Å². The predicted molar refractivity (Wildman–Crippen MR) is 143 cm³/mol. The van der Waals surface area contributed by atoms with Crippen molar-refractivity contribution in [3.05, 3.63) is 125 Å². The molecule has 0 saturated heterocycles. The molecule has 36 heavy (non-hydrogen) atoms. The molecule has 0 atom stereocenters. The van der Waals surface area contributed by atoms with E-state index in [0.29, 0.717) is 16.7 Å². The van der Waals surface area contributed by atoms with E-state index in [2.05, 4.69) is 47.9 Å². The molecule has 7 rings (SSSR count). The molecule has 0 radical (unpaired) electrons. The maximum absolute atomic E-state index is 10.3. The van der Waals surface area contributed by atoms with Gasteiger partial charge in [-0.3, -0.25) is 0 Å². The Hall–Kier alpha value is -4.68. The van der Waals surface area contributed by atoms with Crippen LogP contribution in [0.5, 0.6) is 0 Å². The van der Waals surface area contributed by atoms with E-state index in [-0.39, 0.29) is 0 Å². The minimum atomic E-state index is -1.28. The summed E-state index contributed by atoms with van der Waals surface area (Å²) in [5.74, 6) is -1.28. The Balaban J connectivity index is 1.64. The number of rotatable bonds is 2. The molecule has 0 N–H and O–H groups in total. The molecule has 1 aliphatic carbocycles. The normalized spacial score (nSPS) is 13.9. The highest BCUT2D eigenvalue weighted by Crippen LogP contribution is 2.51. The third-order valence-corrected chi connectivity index (χ3v) is 7.38. The second-order valence-corrected chi connectivity index (χ2v) is 9.38. The molecule has 6 aromatic rings. The Morgan fingerprint density at radius 1 is 0.806 bits per heavy atom. The van der Waals surface area contributed by atoms with Crippen LogP contribution in [0.15, 0.2) is 102 Å². The molecule has 2 heterocycles. The van der Waals surface area contributed by atoms with Crippen LogP contribution in [0.2, 0.25) is 0 Å². The number of hydrogen-bond acceptors (Lipinski definition) is 2. The van der Waals surface area contributed by atoms with Crippen molar-refractivity contribution < 1.29 is 10.4 Å². The van der Waals surface area contributed by atoms with Crippen molar-refractivity contribution in [1.29, 1.82) is 5.26 Å². The van der Waals surface area contributed by atoms with Gasteiger partial charge < -0.3 is 4.42 Å². The van der Waals surface area contributed by atoms with Crippen molar-refractivity contribution in [3.8, 4) is 28.5 Å². The molecular formula is C33H23N2O+. The lowest BCUT2D eigenvalue weighted by Crippen LogP contribution is -2.30. The molecule has 2 aromatic heterocycles. The van der Waals surface area contributed by atoms with E-state index in [4.69, 9.17) is 4.42 Å². The van der Waals surface area contributed by atoms with E-state index >= 15 is 0 Å². The monoisotopic (exact) mass is 464 g/mol. The molecule has 0 spiro atoms. The van der Waals surface area contributed by atoms with Crippen molar-refractivity contribution in [2.24, 2.45) is 7.05 Å². The van der Waals surface area contributed by atoms with Gasteiger partial charge in [0, 0.05) is 35.7 Å². The zero-order valence-electron chi connectivity index (χ0n) is 21.0. The number of nitrogens with zero attached hydrogens (tertiary/aromatic N) is 2. The average molecular weight is 465 g/mol. The molecule has 0 amide bonds. The largest absolute Gasteiger partial charge is 0.455 e. The lowest BCUT2D eigenvalue weighted by Gasteiger charge is -2.16. The number of hydrogen-bond donors (Lipinski definition) is 0. The quantitative estimate of drug-likeness (QED) is 0.250. The molecule has 1 aliphatic rings. The van der Waals surface area contributed by atoms with Crippen LogP contribution in [-0.2, 0) is 7.05 Å². The van der Waals surface area contributed by atoms with Crippen LogP contribution in [0.3, 0.4) is 0 Å². The lowest BCUT2D eigenvalue weighted by molar-refractivity contribution is -0.660. The summed E-state index contributed by atoms with van der Waals surface area (Å²) < 4.78 is 18.9. The van der Waals surface area contributed by atoms with Gasteiger partial charge in [0.2, 0.25) is 5.69 Å². The van der Waals surface area contributed by atoms with Gasteiger partial charge in [0.15, 0.2) is 6.20 Å². The first-order valence-corrected chi connectivity index (χ1v) is 12.1. The van der Waals surface area contributed by atoms with Crippen LogP contribution in [-0.4, -0.2) is 0 Å². The predicted octanol–water partition coefficient (Wildman–Crippen LogP) is 7.42. The Morgan fingerprint density at radius 3 is 2.14 bits per heavy atom. The Morgan fingerprint density at radius 2 is 1.44 bits per heavy atom. The van der Waals surface area contributed by atoms with Gasteiger partial charge in [-0.2, -0.15) is 5.26 Å². The van der Waals surface area contributed by atoms with Crippen LogP contribution in [0, 0.1) is 18.3 Å². The molecular weight excluding hydrogens is 440 g/mol. The van der Waals surface area contributed by atoms with Gasteiger partial charge in [0.1, 0.15) is 18.2 Å². The van der Waals surface area contributed by atoms with Crippen LogP contribution >= 0.6 is 0 Å². The van der Waals surface area contributed by atoms with E-state index in [9.17, 15) is 6.63 Å². The van der Waals surface area contributed by atoms with E-state index in [1.807, 2.05) is 73.9 Å². The zero-order chi connectivity index (χ0) is 25.3. The topological polar surface area (TPSA) is 40.8 Å². The van der Waals surface area contributed by atoms with Gasteiger partial charge >= 0.3 is 0 Å². The maximum atomic E-state index is 10.3. The van der Waals surface area contributed by atoms with Crippen molar-refractivity contribution in [3.63, 3.8) is 0 Å². The standard InChI is InChI=1S/C33H23N2O/c1-20-14-16-26-27-17-15-21(19-34)30(33(27)36-32(26)29(20)28-13-7-8-18-35(28)2)31-24-11-5-3-9-22(24)23-10-4-6-12-25(23)31/h3-18,31H,1-2H3/q+1/i31D. The van der Waals surface area contributed by atoms with Gasteiger partial charge in [-0.15, -0.1) is 0 Å². The third-order valence-electron chi connectivity index (χ3n) is 7.38. The summed E-state index contributed by atoms with van der Waals surface area (Å²) in [7, 11) is 2.03. The number of fused-ring (bicyclic) bond motifs is 6. The Kier molecular flexibility index (Phi) is 4.17. The second kappa shape index (κ2) is 7.66. The molecule has 3 heteroatoms. The number of nitriles is 1. The highest BCUT2D eigenvalue weighted by molar-refractivity contribution is 6.11. The highest BCUT2D eigenvalue weighted by Gasteiger charge is 2.34. The van der Waals surface area contributed by atoms with Gasteiger partial charge in [-0.1, -0.05) is 60.7 Å². The van der Waals surface area contributed by atoms with E-state index < -0.39 is 5.89 Å². The van der Waals surface area contributed by atoms with Gasteiger partial charge in [0.25, 0.3) is 0 Å². The summed E-state index contributed by atoms with van der Waals surface area (Å²) in [6, 6.07) is 32.6. The van der Waals surface area contributed by atoms with Gasteiger partial charge in [0.05, 0.1) is 17.2 Å². The van der Waals surface area contributed by atoms with Crippen LogP contribution < -0.4 is 4.57 Å². The van der Waals surface area contributed by atoms with Crippen molar-refractivity contribution in [2.75, 3.05) is 0 Å². The van der Waals surface area contributed by atoms with Crippen LogP contribution in [0.25, 0.3) is 44.3 Å². The van der Waals surface area contributed by atoms with E-state index in [1.165, 1.54) is 0 Å². The SMILES string of the molecule is [2H]C1(c2c(C#N)ccc3c2oc2c(-c4cccc[n+]4C)c(C)ccc23)c2ccccc2-c2ccccc21. The number of benzene rings is 4. The second-order valence-electron chi connectivity index (χ2n) is 9.38. The lowest BCUT2D eigenvalue weighted by atomic mass is 9.85. The van der Waals surface area contributed by atoms with Crippen molar-refractivity contribution in [1.82, 2.24) is 0 Å². The van der Waals surface area contributed by atoms with Gasteiger partial charge in [-0.25, -0.2) is 4.57 Å². The fourth-order valence-corrected chi connectivity index (χ4v) is 5.73. The van der Waals surface area contributed by atoms with Crippen LogP contribution in [0.1, 0.15) is 35.1 Å². The summed E-state index contributed by atoms with van der Waals surface area (Å²) >= 11 is 0. The first-order chi connectivity index (χ1) is 18.0. The molecule has 0 saturated carbocycles. The smallest absolute Gasteiger partial charge is 0.216 e.